The predicted molar refractivity (Wildman–Crippen MR) is 68.7 cm³/mol. The standard InChI is InChI=1S/C12H25NO3Si/c1-6-11(4)12(5)10(2,3)14-17(15-11,16-12)9-7-8-13/h6-9,13H2,1-5H3/t11-,12+,17?/m1/s1. The van der Waals surface area contributed by atoms with Crippen LogP contribution >= 0.6 is 0 Å². The van der Waals surface area contributed by atoms with Crippen LogP contribution in [0.2, 0.25) is 6.04 Å². The van der Waals surface area contributed by atoms with Gasteiger partial charge in [-0.05, 0) is 47.1 Å². The minimum absolute atomic E-state index is 0.241. The predicted octanol–water partition coefficient (Wildman–Crippen LogP) is 2.06. The lowest BCUT2D eigenvalue weighted by atomic mass is 9.73. The molecule has 4 nitrogen and oxygen atoms in total. The number of hydrogen-bond donors (Lipinski definition) is 1. The molecule has 0 saturated carbocycles. The third-order valence-electron chi connectivity index (χ3n) is 4.67. The molecular formula is C12H25NO3Si. The van der Waals surface area contributed by atoms with Crippen LogP contribution in [-0.2, 0) is 13.3 Å². The fourth-order valence-electron chi connectivity index (χ4n) is 3.05. The summed E-state index contributed by atoms with van der Waals surface area (Å²) < 4.78 is 18.8. The van der Waals surface area contributed by atoms with Crippen molar-refractivity contribution in [3.8, 4) is 0 Å². The first-order valence-corrected chi connectivity index (χ1v) is 8.48. The van der Waals surface area contributed by atoms with Crippen LogP contribution in [0.1, 0.15) is 47.5 Å². The molecule has 5 heteroatoms. The van der Waals surface area contributed by atoms with Crippen LogP contribution in [0.5, 0.6) is 0 Å². The summed E-state index contributed by atoms with van der Waals surface area (Å²) in [5.41, 5.74) is 4.72. The van der Waals surface area contributed by atoms with Gasteiger partial charge in [0.25, 0.3) is 0 Å². The largest absolute Gasteiger partial charge is 0.502 e. The van der Waals surface area contributed by atoms with Crippen molar-refractivity contribution < 1.29 is 13.3 Å². The Morgan fingerprint density at radius 3 is 2.18 bits per heavy atom. The highest BCUT2D eigenvalue weighted by Gasteiger charge is 2.76. The minimum atomic E-state index is -2.50. The molecule has 0 aromatic carbocycles. The van der Waals surface area contributed by atoms with Gasteiger partial charge >= 0.3 is 8.80 Å². The van der Waals surface area contributed by atoms with E-state index in [1.165, 1.54) is 0 Å². The fraction of sp³-hybridized carbons (Fsp3) is 1.00. The summed E-state index contributed by atoms with van der Waals surface area (Å²) >= 11 is 0. The lowest BCUT2D eigenvalue weighted by Crippen LogP contribution is -2.63. The number of fused-ring (bicyclic) bond motifs is 2. The van der Waals surface area contributed by atoms with Gasteiger partial charge in [-0.2, -0.15) is 0 Å². The molecule has 0 spiro atoms. The van der Waals surface area contributed by atoms with Crippen LogP contribution in [0.25, 0.3) is 0 Å². The van der Waals surface area contributed by atoms with E-state index in [1.807, 2.05) is 0 Å². The monoisotopic (exact) mass is 259 g/mol. The Labute approximate surface area is 105 Å². The molecule has 0 amide bonds. The molecule has 2 fully saturated rings. The molecule has 0 aromatic rings. The van der Waals surface area contributed by atoms with E-state index in [0.717, 1.165) is 18.9 Å². The van der Waals surface area contributed by atoms with E-state index in [0.29, 0.717) is 6.54 Å². The van der Waals surface area contributed by atoms with E-state index < -0.39 is 8.80 Å². The second-order valence-electron chi connectivity index (χ2n) is 6.01. The second-order valence-corrected chi connectivity index (χ2v) is 8.49. The first-order valence-electron chi connectivity index (χ1n) is 6.55. The van der Waals surface area contributed by atoms with Gasteiger partial charge in [-0.15, -0.1) is 0 Å². The van der Waals surface area contributed by atoms with E-state index in [4.69, 9.17) is 19.0 Å². The Balaban J connectivity index is 2.32. The summed E-state index contributed by atoms with van der Waals surface area (Å²) in [5.74, 6) is 0. The molecule has 2 N–H and O–H groups in total. The van der Waals surface area contributed by atoms with E-state index in [9.17, 15) is 0 Å². The molecule has 2 bridgehead atoms. The Hall–Kier alpha value is 0.0569. The van der Waals surface area contributed by atoms with E-state index in [2.05, 4.69) is 34.6 Å². The second kappa shape index (κ2) is 3.77. The molecule has 100 valence electrons. The number of rotatable bonds is 4. The van der Waals surface area contributed by atoms with Crippen molar-refractivity contribution in [1.29, 1.82) is 0 Å². The van der Waals surface area contributed by atoms with Crippen molar-refractivity contribution in [2.24, 2.45) is 5.73 Å². The Morgan fingerprint density at radius 1 is 1.06 bits per heavy atom. The summed E-state index contributed by atoms with van der Waals surface area (Å²) in [7, 11) is -2.50. The van der Waals surface area contributed by atoms with Crippen molar-refractivity contribution in [2.45, 2.75) is 70.3 Å². The Morgan fingerprint density at radius 2 is 1.71 bits per heavy atom. The molecule has 0 aromatic heterocycles. The summed E-state index contributed by atoms with van der Waals surface area (Å²) in [5, 5.41) is 0. The van der Waals surface area contributed by atoms with Crippen molar-refractivity contribution in [2.75, 3.05) is 6.54 Å². The maximum Gasteiger partial charge on any atom is 0.502 e. The van der Waals surface area contributed by atoms with E-state index >= 15 is 0 Å². The maximum absolute atomic E-state index is 6.31. The van der Waals surface area contributed by atoms with Crippen LogP contribution in [0, 0.1) is 0 Å². The highest BCUT2D eigenvalue weighted by Crippen LogP contribution is 2.58. The van der Waals surface area contributed by atoms with Crippen molar-refractivity contribution in [3.05, 3.63) is 0 Å². The first kappa shape index (κ1) is 13.5. The van der Waals surface area contributed by atoms with Crippen molar-refractivity contribution in [3.63, 3.8) is 0 Å². The highest BCUT2D eigenvalue weighted by atomic mass is 28.4. The zero-order valence-corrected chi connectivity index (χ0v) is 12.6. The number of nitrogens with two attached hydrogens (primary N) is 1. The van der Waals surface area contributed by atoms with E-state index in [1.54, 1.807) is 0 Å². The van der Waals surface area contributed by atoms with E-state index in [-0.39, 0.29) is 16.8 Å². The molecule has 0 aliphatic carbocycles. The Kier molecular flexibility index (Phi) is 2.99. The fourth-order valence-corrected chi connectivity index (χ4v) is 7.20. The summed E-state index contributed by atoms with van der Waals surface area (Å²) in [6.07, 6.45) is 1.84. The van der Waals surface area contributed by atoms with Gasteiger partial charge in [0, 0.05) is 6.04 Å². The van der Waals surface area contributed by atoms with Gasteiger partial charge in [-0.1, -0.05) is 6.92 Å². The molecular weight excluding hydrogens is 234 g/mol. The van der Waals surface area contributed by atoms with Crippen LogP contribution in [0.3, 0.4) is 0 Å². The van der Waals surface area contributed by atoms with Gasteiger partial charge < -0.3 is 19.0 Å². The SMILES string of the molecule is CC[C@@]1(C)O[Si]2(CCCN)OC(C)(C)[C@]1(C)O2. The molecule has 2 aliphatic rings. The topological polar surface area (TPSA) is 53.7 Å². The first-order chi connectivity index (χ1) is 7.74. The van der Waals surface area contributed by atoms with Gasteiger partial charge in [-0.25, -0.2) is 0 Å². The molecule has 2 saturated heterocycles. The molecule has 0 radical (unpaired) electrons. The zero-order valence-electron chi connectivity index (χ0n) is 11.6. The van der Waals surface area contributed by atoms with Crippen LogP contribution in [0.15, 0.2) is 0 Å². The van der Waals surface area contributed by atoms with Gasteiger partial charge in [0.2, 0.25) is 0 Å². The van der Waals surface area contributed by atoms with Crippen LogP contribution in [0.4, 0.5) is 0 Å². The van der Waals surface area contributed by atoms with Gasteiger partial charge in [0.15, 0.2) is 0 Å². The Bertz CT molecular complexity index is 325. The normalized spacial score (nSPS) is 47.6. The van der Waals surface area contributed by atoms with Crippen molar-refractivity contribution in [1.82, 2.24) is 0 Å². The molecule has 2 rings (SSSR count). The van der Waals surface area contributed by atoms with Crippen LogP contribution < -0.4 is 5.73 Å². The third-order valence-corrected chi connectivity index (χ3v) is 7.94. The average Bonchev–Trinajstić information content (AvgIpc) is 2.57. The molecule has 2 aliphatic heterocycles. The van der Waals surface area contributed by atoms with Crippen LogP contribution in [-0.4, -0.2) is 32.2 Å². The van der Waals surface area contributed by atoms with Gasteiger partial charge in [-0.3, -0.25) is 0 Å². The molecule has 3 atom stereocenters. The van der Waals surface area contributed by atoms with Gasteiger partial charge in [0.1, 0.15) is 5.60 Å². The molecule has 1 unspecified atom stereocenters. The summed E-state index contributed by atoms with van der Waals surface area (Å²) in [4.78, 5) is 0. The summed E-state index contributed by atoms with van der Waals surface area (Å²) in [6, 6.07) is 0.831. The minimum Gasteiger partial charge on any atom is -0.365 e. The number of hydrogen-bond acceptors (Lipinski definition) is 4. The van der Waals surface area contributed by atoms with Crippen molar-refractivity contribution >= 4 is 8.80 Å². The lowest BCUT2D eigenvalue weighted by molar-refractivity contribution is -0.142. The third kappa shape index (κ3) is 1.63. The lowest BCUT2D eigenvalue weighted by Gasteiger charge is -2.48. The molecule has 17 heavy (non-hydrogen) atoms. The average molecular weight is 259 g/mol. The zero-order chi connectivity index (χ0) is 12.9. The maximum atomic E-state index is 6.31. The quantitative estimate of drug-likeness (QED) is 0.785. The summed E-state index contributed by atoms with van der Waals surface area (Å²) in [6.45, 7) is 11.3. The highest BCUT2D eigenvalue weighted by molar-refractivity contribution is 6.62. The smallest absolute Gasteiger partial charge is 0.365 e. The molecule has 2 heterocycles. The van der Waals surface area contributed by atoms with Gasteiger partial charge in [0.05, 0.1) is 11.2 Å².